The van der Waals surface area contributed by atoms with Crippen molar-refractivity contribution >= 4 is 29.1 Å². The van der Waals surface area contributed by atoms with Gasteiger partial charge in [0.1, 0.15) is 5.75 Å². The number of phenolic OH excluding ortho intramolecular Hbond substituents is 1. The number of likely N-dealkylation sites (tertiary alicyclic amines) is 1. The van der Waals surface area contributed by atoms with Crippen LogP contribution in [-0.2, 0) is 16.0 Å². The topological polar surface area (TPSA) is 49.8 Å². The van der Waals surface area contributed by atoms with Crippen molar-refractivity contribution in [2.75, 3.05) is 19.8 Å². The summed E-state index contributed by atoms with van der Waals surface area (Å²) >= 11 is 12.3. The van der Waals surface area contributed by atoms with Crippen LogP contribution < -0.4 is 0 Å². The van der Waals surface area contributed by atoms with E-state index in [-0.39, 0.29) is 17.6 Å². The second-order valence-corrected chi connectivity index (χ2v) is 6.77. The molecule has 0 bridgehead atoms. The number of ether oxygens (including phenoxy) is 1. The van der Waals surface area contributed by atoms with Crippen LogP contribution in [0.2, 0.25) is 10.0 Å². The molecule has 2 heterocycles. The zero-order valence-electron chi connectivity index (χ0n) is 12.2. The number of rotatable bonds is 3. The first kappa shape index (κ1) is 15.9. The number of phenols is 1. The number of benzene rings is 1. The molecule has 0 spiro atoms. The summed E-state index contributed by atoms with van der Waals surface area (Å²) in [4.78, 5) is 14.6. The van der Waals surface area contributed by atoms with Gasteiger partial charge in [0.2, 0.25) is 5.91 Å². The number of hydrogen-bond acceptors (Lipinski definition) is 3. The van der Waals surface area contributed by atoms with Gasteiger partial charge in [0.15, 0.2) is 0 Å². The van der Waals surface area contributed by atoms with Crippen molar-refractivity contribution in [1.82, 2.24) is 4.90 Å². The Morgan fingerprint density at radius 2 is 1.82 bits per heavy atom. The highest BCUT2D eigenvalue weighted by Gasteiger charge is 2.36. The second kappa shape index (κ2) is 6.65. The van der Waals surface area contributed by atoms with Crippen LogP contribution >= 0.6 is 23.2 Å². The summed E-state index contributed by atoms with van der Waals surface area (Å²) in [5.74, 6) is 0.148. The molecule has 2 fully saturated rings. The standard InChI is InChI=1S/C16H19Cl2NO3/c17-14-8-12(20)9-15(18)13(14)7-10-1-4-19(16(10)21)11-2-5-22-6-3-11/h8-11,20H,1-7H2/t10-/m0/s1. The van der Waals surface area contributed by atoms with Crippen LogP contribution in [0.1, 0.15) is 24.8 Å². The Balaban J connectivity index is 1.71. The molecule has 22 heavy (non-hydrogen) atoms. The third-order valence-electron chi connectivity index (χ3n) is 4.56. The maximum Gasteiger partial charge on any atom is 0.226 e. The van der Waals surface area contributed by atoms with Crippen LogP contribution in [-0.4, -0.2) is 41.7 Å². The molecule has 0 saturated carbocycles. The lowest BCUT2D eigenvalue weighted by molar-refractivity contribution is -0.134. The summed E-state index contributed by atoms with van der Waals surface area (Å²) in [7, 11) is 0. The average molecular weight is 344 g/mol. The molecule has 1 N–H and O–H groups in total. The molecule has 4 nitrogen and oxygen atoms in total. The largest absolute Gasteiger partial charge is 0.508 e. The maximum atomic E-state index is 12.6. The molecule has 0 aromatic heterocycles. The molecule has 3 rings (SSSR count). The van der Waals surface area contributed by atoms with Crippen molar-refractivity contribution in [2.24, 2.45) is 5.92 Å². The molecule has 2 aliphatic rings. The minimum Gasteiger partial charge on any atom is -0.508 e. The molecule has 0 unspecified atom stereocenters. The lowest BCUT2D eigenvalue weighted by atomic mass is 9.97. The second-order valence-electron chi connectivity index (χ2n) is 5.95. The van der Waals surface area contributed by atoms with E-state index in [1.807, 2.05) is 4.90 Å². The Morgan fingerprint density at radius 1 is 1.18 bits per heavy atom. The van der Waals surface area contributed by atoms with Gasteiger partial charge in [-0.1, -0.05) is 23.2 Å². The molecule has 2 saturated heterocycles. The first-order valence-electron chi connectivity index (χ1n) is 7.61. The van der Waals surface area contributed by atoms with Gasteiger partial charge in [-0.05, 0) is 43.4 Å². The zero-order valence-corrected chi connectivity index (χ0v) is 13.7. The van der Waals surface area contributed by atoms with Gasteiger partial charge in [0, 0.05) is 41.8 Å². The minimum absolute atomic E-state index is 0.0420. The fourth-order valence-electron chi connectivity index (χ4n) is 3.34. The summed E-state index contributed by atoms with van der Waals surface area (Å²) in [5.41, 5.74) is 0.744. The molecule has 1 aromatic carbocycles. The number of halogens is 2. The van der Waals surface area contributed by atoms with Crippen molar-refractivity contribution in [3.05, 3.63) is 27.7 Å². The average Bonchev–Trinajstić information content (AvgIpc) is 2.85. The van der Waals surface area contributed by atoms with E-state index in [2.05, 4.69) is 0 Å². The van der Waals surface area contributed by atoms with Gasteiger partial charge >= 0.3 is 0 Å². The normalized spacial score (nSPS) is 23.3. The lowest BCUT2D eigenvalue weighted by Crippen LogP contribution is -2.41. The van der Waals surface area contributed by atoms with Crippen LogP contribution in [0.15, 0.2) is 12.1 Å². The van der Waals surface area contributed by atoms with Crippen molar-refractivity contribution in [3.8, 4) is 5.75 Å². The molecule has 120 valence electrons. The van der Waals surface area contributed by atoms with Crippen molar-refractivity contribution in [1.29, 1.82) is 0 Å². The third kappa shape index (κ3) is 3.19. The van der Waals surface area contributed by atoms with E-state index in [1.54, 1.807) is 0 Å². The summed E-state index contributed by atoms with van der Waals surface area (Å²) in [6.45, 7) is 2.25. The fraction of sp³-hybridized carbons (Fsp3) is 0.562. The number of carbonyl (C=O) groups is 1. The number of carbonyl (C=O) groups excluding carboxylic acids is 1. The Hall–Kier alpha value is -0.970. The first-order chi connectivity index (χ1) is 10.6. The van der Waals surface area contributed by atoms with E-state index in [1.165, 1.54) is 12.1 Å². The predicted octanol–water partition coefficient (Wildman–Crippen LogP) is 3.27. The van der Waals surface area contributed by atoms with Crippen LogP contribution in [0.5, 0.6) is 5.75 Å². The van der Waals surface area contributed by atoms with E-state index >= 15 is 0 Å². The Labute approximate surface area is 140 Å². The summed E-state index contributed by atoms with van der Waals surface area (Å²) < 4.78 is 5.36. The Bertz CT molecular complexity index is 550. The van der Waals surface area contributed by atoms with Gasteiger partial charge in [-0.15, -0.1) is 0 Å². The quantitative estimate of drug-likeness (QED) is 0.916. The first-order valence-corrected chi connectivity index (χ1v) is 8.37. The minimum atomic E-state index is -0.0811. The molecule has 2 aliphatic heterocycles. The molecule has 1 amide bonds. The van der Waals surface area contributed by atoms with Gasteiger partial charge in [-0.3, -0.25) is 4.79 Å². The SMILES string of the molecule is O=C1[C@H](Cc2c(Cl)cc(O)cc2Cl)CCN1C1CCOCC1. The van der Waals surface area contributed by atoms with Crippen LogP contribution in [0.4, 0.5) is 0 Å². The predicted molar refractivity (Wildman–Crippen MR) is 85.5 cm³/mol. The van der Waals surface area contributed by atoms with E-state index in [0.29, 0.717) is 22.5 Å². The highest BCUT2D eigenvalue weighted by atomic mass is 35.5. The van der Waals surface area contributed by atoms with E-state index in [4.69, 9.17) is 27.9 Å². The van der Waals surface area contributed by atoms with Gasteiger partial charge in [0.25, 0.3) is 0 Å². The van der Waals surface area contributed by atoms with Crippen LogP contribution in [0.25, 0.3) is 0 Å². The number of aromatic hydroxyl groups is 1. The summed E-state index contributed by atoms with van der Waals surface area (Å²) in [6.07, 6.45) is 3.18. The van der Waals surface area contributed by atoms with Gasteiger partial charge in [-0.25, -0.2) is 0 Å². The molecule has 1 atom stereocenters. The maximum absolute atomic E-state index is 12.6. The van der Waals surface area contributed by atoms with Crippen molar-refractivity contribution in [2.45, 2.75) is 31.7 Å². The van der Waals surface area contributed by atoms with Gasteiger partial charge < -0.3 is 14.7 Å². The highest BCUT2D eigenvalue weighted by molar-refractivity contribution is 6.36. The molecular weight excluding hydrogens is 325 g/mol. The monoisotopic (exact) mass is 343 g/mol. The molecular formula is C16H19Cl2NO3. The zero-order chi connectivity index (χ0) is 15.7. The highest BCUT2D eigenvalue weighted by Crippen LogP contribution is 2.34. The van der Waals surface area contributed by atoms with Crippen molar-refractivity contribution < 1.29 is 14.6 Å². The van der Waals surface area contributed by atoms with Crippen LogP contribution in [0, 0.1) is 5.92 Å². The van der Waals surface area contributed by atoms with E-state index in [0.717, 1.165) is 44.6 Å². The molecule has 0 aliphatic carbocycles. The number of hydrogen-bond donors (Lipinski definition) is 1. The Morgan fingerprint density at radius 3 is 2.45 bits per heavy atom. The summed E-state index contributed by atoms with van der Waals surface area (Å²) in [5, 5.41) is 10.3. The van der Waals surface area contributed by atoms with Gasteiger partial charge in [-0.2, -0.15) is 0 Å². The number of amides is 1. The molecule has 0 radical (unpaired) electrons. The van der Waals surface area contributed by atoms with Crippen LogP contribution in [0.3, 0.4) is 0 Å². The molecule has 1 aromatic rings. The van der Waals surface area contributed by atoms with E-state index < -0.39 is 0 Å². The third-order valence-corrected chi connectivity index (χ3v) is 5.23. The number of nitrogens with zero attached hydrogens (tertiary/aromatic N) is 1. The smallest absolute Gasteiger partial charge is 0.226 e. The van der Waals surface area contributed by atoms with Gasteiger partial charge in [0.05, 0.1) is 0 Å². The Kier molecular flexibility index (Phi) is 4.81. The summed E-state index contributed by atoms with van der Waals surface area (Å²) in [6, 6.07) is 3.24. The van der Waals surface area contributed by atoms with Crippen molar-refractivity contribution in [3.63, 3.8) is 0 Å². The lowest BCUT2D eigenvalue weighted by Gasteiger charge is -2.31. The fourth-order valence-corrected chi connectivity index (χ4v) is 3.97. The molecule has 6 heteroatoms. The van der Waals surface area contributed by atoms with E-state index in [9.17, 15) is 9.90 Å².